The fraction of sp³-hybridized carbons (Fsp3) is 0.0500. The molecule has 0 atom stereocenters. The van der Waals surface area contributed by atoms with Crippen molar-refractivity contribution in [3.63, 3.8) is 0 Å². The van der Waals surface area contributed by atoms with Gasteiger partial charge in [-0.1, -0.05) is 170 Å². The Morgan fingerprint density at radius 1 is 0.238 bits per heavy atom. The second-order valence-corrected chi connectivity index (χ2v) is 22.8. The molecule has 2 aromatic heterocycles. The molecule has 0 unspecified atom stereocenters. The molecular weight excluding hydrogens is 1020 g/mol. The van der Waals surface area contributed by atoms with Crippen LogP contribution in [0.1, 0.15) is 22.3 Å². The summed E-state index contributed by atoms with van der Waals surface area (Å²) in [6, 6.07) is 104. The summed E-state index contributed by atoms with van der Waals surface area (Å²) in [6.45, 7) is 8.88. The molecule has 2 heterocycles. The number of hydrogen-bond donors (Lipinski definition) is 0. The van der Waals surface area contributed by atoms with Crippen LogP contribution in [0, 0.1) is 27.7 Å². The standard InChI is InChI=1S/C80H58N4/c1-51-41-52(2)44-61(43-51)81(59-33-39-75-71(47-59)63-29-17-19-31-73(63)83(75)57-25-13-7-14-26-57)77-49-69(55-21-9-5-10-22-55)65-36-38-68-78(50-70(56-23-11-6-12-24-56)66-35-37-67(77)79(65)80(66)68)82(62-45-53(3)42-54(4)46-62)60-34-40-76-72(48-60)64-30-18-20-32-74(64)84(76)58-27-15-8-16-28-58/h5-50H,1-4H3. The van der Waals surface area contributed by atoms with Crippen LogP contribution in [0.4, 0.5) is 34.1 Å². The van der Waals surface area contributed by atoms with Crippen molar-refractivity contribution in [2.24, 2.45) is 0 Å². The van der Waals surface area contributed by atoms with Gasteiger partial charge >= 0.3 is 0 Å². The van der Waals surface area contributed by atoms with Gasteiger partial charge in [-0.15, -0.1) is 0 Å². The van der Waals surface area contributed by atoms with E-state index in [0.717, 1.165) is 45.5 Å². The van der Waals surface area contributed by atoms with Crippen LogP contribution in [-0.4, -0.2) is 9.13 Å². The first-order valence-electron chi connectivity index (χ1n) is 29.1. The number of hydrogen-bond acceptors (Lipinski definition) is 2. The summed E-state index contributed by atoms with van der Waals surface area (Å²) in [5, 5.41) is 12.1. The molecule has 0 amide bonds. The zero-order valence-electron chi connectivity index (χ0n) is 47.3. The molecule has 16 rings (SSSR count). The zero-order chi connectivity index (χ0) is 56.2. The molecule has 0 aliphatic rings. The molecule has 398 valence electrons. The van der Waals surface area contributed by atoms with E-state index < -0.39 is 0 Å². The Balaban J connectivity index is 1.02. The van der Waals surface area contributed by atoms with E-state index in [-0.39, 0.29) is 0 Å². The molecule has 84 heavy (non-hydrogen) atoms. The lowest BCUT2D eigenvalue weighted by atomic mass is 9.85. The average Bonchev–Trinajstić information content (AvgIpc) is 0.999. The van der Waals surface area contributed by atoms with Gasteiger partial charge in [0.15, 0.2) is 0 Å². The van der Waals surface area contributed by atoms with Gasteiger partial charge in [-0.3, -0.25) is 0 Å². The molecule has 4 heteroatoms. The van der Waals surface area contributed by atoms with Gasteiger partial charge in [0.2, 0.25) is 0 Å². The summed E-state index contributed by atoms with van der Waals surface area (Å²) in [7, 11) is 0. The van der Waals surface area contributed by atoms with E-state index in [1.165, 1.54) is 120 Å². The number of nitrogens with zero attached hydrogens (tertiary/aromatic N) is 4. The van der Waals surface area contributed by atoms with Crippen LogP contribution in [0.3, 0.4) is 0 Å². The summed E-state index contributed by atoms with van der Waals surface area (Å²) in [5.41, 5.74) is 23.2. The van der Waals surface area contributed by atoms with Gasteiger partial charge in [0, 0.05) is 77.2 Å². The van der Waals surface area contributed by atoms with Crippen molar-refractivity contribution in [1.82, 2.24) is 9.13 Å². The quantitative estimate of drug-likeness (QED) is 0.127. The molecule has 0 N–H and O–H groups in total. The second kappa shape index (κ2) is 19.5. The average molecular weight is 1080 g/mol. The van der Waals surface area contributed by atoms with E-state index in [9.17, 15) is 0 Å². The fourth-order valence-corrected chi connectivity index (χ4v) is 14.0. The predicted molar refractivity (Wildman–Crippen MR) is 358 cm³/mol. The maximum Gasteiger partial charge on any atom is 0.0546 e. The lowest BCUT2D eigenvalue weighted by Crippen LogP contribution is -2.13. The topological polar surface area (TPSA) is 16.3 Å². The smallest absolute Gasteiger partial charge is 0.0546 e. The molecule has 0 spiro atoms. The van der Waals surface area contributed by atoms with Gasteiger partial charge in [-0.25, -0.2) is 0 Å². The third-order valence-corrected chi connectivity index (χ3v) is 17.3. The Morgan fingerprint density at radius 2 is 0.571 bits per heavy atom. The largest absolute Gasteiger partial charge is 0.310 e. The summed E-state index contributed by atoms with van der Waals surface area (Å²) >= 11 is 0. The fourth-order valence-electron chi connectivity index (χ4n) is 14.0. The highest BCUT2D eigenvalue weighted by Crippen LogP contribution is 2.53. The maximum atomic E-state index is 2.54. The van der Waals surface area contributed by atoms with E-state index in [1.54, 1.807) is 0 Å². The van der Waals surface area contributed by atoms with Gasteiger partial charge in [-0.05, 0) is 192 Å². The normalized spacial score (nSPS) is 11.8. The first-order chi connectivity index (χ1) is 41.3. The molecule has 0 radical (unpaired) electrons. The maximum absolute atomic E-state index is 2.54. The Kier molecular flexibility index (Phi) is 11.4. The minimum absolute atomic E-state index is 1.09. The Hall–Kier alpha value is -10.7. The third-order valence-electron chi connectivity index (χ3n) is 17.3. The minimum atomic E-state index is 1.09. The molecule has 0 aliphatic carbocycles. The van der Waals surface area contributed by atoms with Crippen molar-refractivity contribution >= 4 is 110 Å². The highest BCUT2D eigenvalue weighted by atomic mass is 15.2. The highest BCUT2D eigenvalue weighted by Gasteiger charge is 2.28. The minimum Gasteiger partial charge on any atom is -0.310 e. The third kappa shape index (κ3) is 7.90. The molecule has 4 nitrogen and oxygen atoms in total. The summed E-state index contributed by atoms with van der Waals surface area (Å²) < 4.78 is 4.81. The van der Waals surface area contributed by atoms with Gasteiger partial charge in [0.1, 0.15) is 0 Å². The van der Waals surface area contributed by atoms with E-state index in [0.29, 0.717) is 0 Å². The summed E-state index contributed by atoms with van der Waals surface area (Å²) in [6.07, 6.45) is 0. The first kappa shape index (κ1) is 49.2. The second-order valence-electron chi connectivity index (χ2n) is 22.8. The lowest BCUT2D eigenvalue weighted by molar-refractivity contribution is 1.18. The molecule has 0 bridgehead atoms. The lowest BCUT2D eigenvalue weighted by Gasteiger charge is -2.31. The van der Waals surface area contributed by atoms with E-state index >= 15 is 0 Å². The summed E-state index contributed by atoms with van der Waals surface area (Å²) in [5.74, 6) is 0. The number of para-hydroxylation sites is 4. The number of aryl methyl sites for hydroxylation is 4. The van der Waals surface area contributed by atoms with Crippen molar-refractivity contribution < 1.29 is 0 Å². The van der Waals surface area contributed by atoms with Gasteiger partial charge < -0.3 is 18.9 Å². The first-order valence-corrected chi connectivity index (χ1v) is 29.1. The Bertz CT molecular complexity index is 4860. The Labute approximate surface area is 488 Å². The molecule has 14 aromatic carbocycles. The molecule has 0 aliphatic heterocycles. The number of rotatable bonds is 10. The number of benzene rings is 14. The SMILES string of the molecule is Cc1cc(C)cc(N(c2ccc3c(c2)c2ccccc2n3-c2ccccc2)c2cc(-c3ccccc3)c3ccc4c(N(c5cc(C)cc(C)c5)c5ccc6c(c5)c5ccccc5n6-c5ccccc5)cc(-c5ccccc5)c5ccc2c3c54)c1. The van der Waals surface area contributed by atoms with E-state index in [2.05, 4.69) is 326 Å². The van der Waals surface area contributed by atoms with E-state index in [4.69, 9.17) is 0 Å². The number of fused-ring (bicyclic) bond motifs is 6. The number of anilines is 6. The van der Waals surface area contributed by atoms with Crippen molar-refractivity contribution in [2.75, 3.05) is 9.80 Å². The van der Waals surface area contributed by atoms with Gasteiger partial charge in [0.05, 0.1) is 33.4 Å². The van der Waals surface area contributed by atoms with E-state index in [1.807, 2.05) is 0 Å². The van der Waals surface area contributed by atoms with Crippen molar-refractivity contribution in [1.29, 1.82) is 0 Å². The molecule has 0 saturated carbocycles. The van der Waals surface area contributed by atoms with Crippen LogP contribution in [0.25, 0.3) is 110 Å². The van der Waals surface area contributed by atoms with Crippen molar-refractivity contribution in [3.05, 3.63) is 301 Å². The van der Waals surface area contributed by atoms with Crippen molar-refractivity contribution in [3.8, 4) is 33.6 Å². The molecule has 0 fully saturated rings. The molecule has 0 saturated heterocycles. The zero-order valence-corrected chi connectivity index (χ0v) is 47.3. The van der Waals surface area contributed by atoms with Crippen LogP contribution < -0.4 is 9.80 Å². The van der Waals surface area contributed by atoms with Crippen LogP contribution >= 0.6 is 0 Å². The van der Waals surface area contributed by atoms with Crippen LogP contribution in [-0.2, 0) is 0 Å². The molecule has 16 aromatic rings. The van der Waals surface area contributed by atoms with Crippen LogP contribution in [0.2, 0.25) is 0 Å². The van der Waals surface area contributed by atoms with Gasteiger partial charge in [0.25, 0.3) is 0 Å². The van der Waals surface area contributed by atoms with Crippen LogP contribution in [0.5, 0.6) is 0 Å². The number of aromatic nitrogens is 2. The van der Waals surface area contributed by atoms with Gasteiger partial charge in [-0.2, -0.15) is 0 Å². The molecular formula is C80H58N4. The highest BCUT2D eigenvalue weighted by molar-refractivity contribution is 6.32. The monoisotopic (exact) mass is 1070 g/mol. The van der Waals surface area contributed by atoms with Crippen molar-refractivity contribution in [2.45, 2.75) is 27.7 Å². The Morgan fingerprint density at radius 3 is 0.964 bits per heavy atom. The predicted octanol–water partition coefficient (Wildman–Crippen LogP) is 22.3. The summed E-state index contributed by atoms with van der Waals surface area (Å²) in [4.78, 5) is 5.07. The van der Waals surface area contributed by atoms with Crippen LogP contribution in [0.15, 0.2) is 279 Å².